The van der Waals surface area contributed by atoms with Gasteiger partial charge in [-0.2, -0.15) is 0 Å². The SMILES string of the molecule is CCCOc1c(I)cc(/C=C2\SC(=Nc3ccccc3)NC2=O)cc1OCC. The Bertz CT molecular complexity index is 913. The van der Waals surface area contributed by atoms with Crippen molar-refractivity contribution in [2.75, 3.05) is 13.2 Å². The van der Waals surface area contributed by atoms with Crippen molar-refractivity contribution in [2.45, 2.75) is 20.3 Å². The van der Waals surface area contributed by atoms with Gasteiger partial charge in [0.2, 0.25) is 0 Å². The second kappa shape index (κ2) is 9.97. The second-order valence-corrected chi connectivity index (χ2v) is 8.12. The second-order valence-electron chi connectivity index (χ2n) is 5.93. The van der Waals surface area contributed by atoms with E-state index in [0.29, 0.717) is 29.0 Å². The van der Waals surface area contributed by atoms with Crippen LogP contribution in [0.3, 0.4) is 0 Å². The summed E-state index contributed by atoms with van der Waals surface area (Å²) in [4.78, 5) is 17.4. The van der Waals surface area contributed by atoms with Crippen molar-refractivity contribution in [3.05, 3.63) is 56.5 Å². The van der Waals surface area contributed by atoms with Gasteiger partial charge in [-0.05, 0) is 83.6 Å². The summed E-state index contributed by atoms with van der Waals surface area (Å²) < 4.78 is 12.5. The Morgan fingerprint density at radius 2 is 1.96 bits per heavy atom. The number of nitrogens with zero attached hydrogens (tertiary/aromatic N) is 1. The summed E-state index contributed by atoms with van der Waals surface area (Å²) in [7, 11) is 0. The van der Waals surface area contributed by atoms with E-state index in [2.05, 4.69) is 39.8 Å². The van der Waals surface area contributed by atoms with Gasteiger partial charge in [-0.1, -0.05) is 25.1 Å². The van der Waals surface area contributed by atoms with Crippen LogP contribution in [0.1, 0.15) is 25.8 Å². The fourth-order valence-electron chi connectivity index (χ4n) is 2.53. The van der Waals surface area contributed by atoms with Gasteiger partial charge in [0.25, 0.3) is 5.91 Å². The average molecular weight is 508 g/mol. The van der Waals surface area contributed by atoms with Crippen LogP contribution in [-0.4, -0.2) is 24.3 Å². The predicted molar refractivity (Wildman–Crippen MR) is 123 cm³/mol. The van der Waals surface area contributed by atoms with Crippen molar-refractivity contribution in [3.8, 4) is 11.5 Å². The monoisotopic (exact) mass is 508 g/mol. The van der Waals surface area contributed by atoms with E-state index in [1.807, 2.05) is 55.5 Å². The first-order valence-corrected chi connectivity index (χ1v) is 10.9. The number of amides is 1. The van der Waals surface area contributed by atoms with Gasteiger partial charge in [-0.15, -0.1) is 0 Å². The zero-order valence-electron chi connectivity index (χ0n) is 15.7. The van der Waals surface area contributed by atoms with Crippen LogP contribution in [0.2, 0.25) is 0 Å². The minimum absolute atomic E-state index is 0.154. The van der Waals surface area contributed by atoms with Crippen LogP contribution in [0.4, 0.5) is 5.69 Å². The predicted octanol–water partition coefficient (Wildman–Crippen LogP) is 5.37. The van der Waals surface area contributed by atoms with Crippen molar-refractivity contribution in [1.82, 2.24) is 5.32 Å². The Balaban J connectivity index is 1.86. The number of carbonyl (C=O) groups excluding carboxylic acids is 1. The van der Waals surface area contributed by atoms with Gasteiger partial charge in [0, 0.05) is 0 Å². The van der Waals surface area contributed by atoms with E-state index in [1.54, 1.807) is 0 Å². The lowest BCUT2D eigenvalue weighted by atomic mass is 10.2. The molecule has 0 aromatic heterocycles. The standard InChI is InChI=1S/C21H21IN2O3S/c1-3-10-27-19-16(22)11-14(12-17(19)26-4-2)13-18-20(25)24-21(28-18)23-15-8-6-5-7-9-15/h5-9,11-13H,3-4,10H2,1-2H3,(H,23,24,25)/b18-13-. The van der Waals surface area contributed by atoms with Gasteiger partial charge in [-0.3, -0.25) is 4.79 Å². The van der Waals surface area contributed by atoms with Crippen molar-refractivity contribution >= 4 is 57.2 Å². The van der Waals surface area contributed by atoms with E-state index < -0.39 is 0 Å². The molecule has 0 aliphatic carbocycles. The van der Waals surface area contributed by atoms with Crippen LogP contribution in [0.15, 0.2) is 52.4 Å². The molecule has 0 spiro atoms. The third kappa shape index (κ3) is 5.29. The van der Waals surface area contributed by atoms with Crippen LogP contribution >= 0.6 is 34.4 Å². The van der Waals surface area contributed by atoms with Gasteiger partial charge in [0.05, 0.1) is 27.4 Å². The largest absolute Gasteiger partial charge is 0.490 e. The van der Waals surface area contributed by atoms with Crippen molar-refractivity contribution in [1.29, 1.82) is 0 Å². The van der Waals surface area contributed by atoms with E-state index in [4.69, 9.17) is 9.47 Å². The number of carbonyl (C=O) groups is 1. The third-order valence-electron chi connectivity index (χ3n) is 3.72. The van der Waals surface area contributed by atoms with E-state index in [1.165, 1.54) is 11.8 Å². The molecule has 0 unspecified atom stereocenters. The van der Waals surface area contributed by atoms with Gasteiger partial charge >= 0.3 is 0 Å². The molecule has 2 aromatic rings. The number of rotatable bonds is 7. The molecule has 146 valence electrons. The van der Waals surface area contributed by atoms with Crippen LogP contribution in [0, 0.1) is 3.57 Å². The van der Waals surface area contributed by atoms with Crippen LogP contribution in [0.5, 0.6) is 11.5 Å². The maximum Gasteiger partial charge on any atom is 0.264 e. The Morgan fingerprint density at radius 3 is 2.68 bits per heavy atom. The summed E-state index contributed by atoms with van der Waals surface area (Å²) in [6, 6.07) is 13.4. The number of amidine groups is 1. The molecule has 3 rings (SSSR count). The first-order valence-electron chi connectivity index (χ1n) is 9.04. The summed E-state index contributed by atoms with van der Waals surface area (Å²) in [5.41, 5.74) is 1.69. The molecule has 1 heterocycles. The minimum Gasteiger partial charge on any atom is -0.490 e. The molecule has 1 N–H and O–H groups in total. The van der Waals surface area contributed by atoms with Gasteiger partial charge in [0.15, 0.2) is 16.7 Å². The Kier molecular flexibility index (Phi) is 7.38. The summed E-state index contributed by atoms with van der Waals surface area (Å²) in [6.07, 6.45) is 2.77. The molecular formula is C21H21IN2O3S. The molecular weight excluding hydrogens is 487 g/mol. The zero-order chi connectivity index (χ0) is 19.9. The molecule has 1 aliphatic heterocycles. The lowest BCUT2D eigenvalue weighted by Gasteiger charge is -2.14. The van der Waals surface area contributed by atoms with Crippen molar-refractivity contribution < 1.29 is 14.3 Å². The Hall–Kier alpha value is -2.00. The average Bonchev–Trinajstić information content (AvgIpc) is 3.01. The molecule has 1 amide bonds. The molecule has 0 saturated carbocycles. The van der Waals surface area contributed by atoms with E-state index >= 15 is 0 Å². The van der Waals surface area contributed by atoms with E-state index in [9.17, 15) is 4.79 Å². The Morgan fingerprint density at radius 1 is 1.18 bits per heavy atom. The lowest BCUT2D eigenvalue weighted by molar-refractivity contribution is -0.115. The summed E-state index contributed by atoms with van der Waals surface area (Å²) in [6.45, 7) is 5.18. The molecule has 0 atom stereocenters. The highest BCUT2D eigenvalue weighted by Gasteiger charge is 2.24. The fourth-order valence-corrected chi connectivity index (χ4v) is 4.15. The van der Waals surface area contributed by atoms with Crippen LogP contribution in [-0.2, 0) is 4.79 Å². The molecule has 1 aliphatic rings. The molecule has 1 fully saturated rings. The highest BCUT2D eigenvalue weighted by atomic mass is 127. The molecule has 28 heavy (non-hydrogen) atoms. The highest BCUT2D eigenvalue weighted by Crippen LogP contribution is 2.36. The smallest absolute Gasteiger partial charge is 0.264 e. The summed E-state index contributed by atoms with van der Waals surface area (Å²) in [5, 5.41) is 3.39. The van der Waals surface area contributed by atoms with Gasteiger partial charge < -0.3 is 14.8 Å². The molecule has 0 radical (unpaired) electrons. The van der Waals surface area contributed by atoms with Crippen molar-refractivity contribution in [2.24, 2.45) is 4.99 Å². The minimum atomic E-state index is -0.154. The number of benzene rings is 2. The molecule has 0 bridgehead atoms. The lowest BCUT2D eigenvalue weighted by Crippen LogP contribution is -2.19. The zero-order valence-corrected chi connectivity index (χ0v) is 18.7. The number of aliphatic imine (C=N–C) groups is 1. The molecule has 2 aromatic carbocycles. The number of hydrogen-bond donors (Lipinski definition) is 1. The maximum absolute atomic E-state index is 12.3. The Labute approximate surface area is 182 Å². The van der Waals surface area contributed by atoms with E-state index in [0.717, 1.165) is 27.0 Å². The van der Waals surface area contributed by atoms with Gasteiger partial charge in [-0.25, -0.2) is 4.99 Å². The van der Waals surface area contributed by atoms with Crippen molar-refractivity contribution in [3.63, 3.8) is 0 Å². The van der Waals surface area contributed by atoms with Crippen LogP contribution < -0.4 is 14.8 Å². The fraction of sp³-hybridized carbons (Fsp3) is 0.238. The first kappa shape index (κ1) is 20.7. The quantitative estimate of drug-likeness (QED) is 0.404. The molecule has 5 nitrogen and oxygen atoms in total. The number of thioether (sulfide) groups is 1. The number of nitrogens with one attached hydrogen (secondary N) is 1. The topological polar surface area (TPSA) is 59.9 Å². The number of ether oxygens (including phenoxy) is 2. The molecule has 7 heteroatoms. The number of halogens is 1. The normalized spacial score (nSPS) is 16.5. The summed E-state index contributed by atoms with van der Waals surface area (Å²) in [5.74, 6) is 1.29. The third-order valence-corrected chi connectivity index (χ3v) is 5.43. The highest BCUT2D eigenvalue weighted by molar-refractivity contribution is 14.1. The van der Waals surface area contributed by atoms with Crippen LogP contribution in [0.25, 0.3) is 6.08 Å². The molecule has 1 saturated heterocycles. The van der Waals surface area contributed by atoms with E-state index in [-0.39, 0.29) is 5.91 Å². The number of para-hydroxylation sites is 1. The maximum atomic E-state index is 12.3. The number of hydrogen-bond acceptors (Lipinski definition) is 5. The first-order chi connectivity index (χ1) is 13.6. The van der Waals surface area contributed by atoms with Gasteiger partial charge in [0.1, 0.15) is 0 Å². The summed E-state index contributed by atoms with van der Waals surface area (Å²) >= 11 is 3.56.